The minimum absolute atomic E-state index is 0.0854. The molecule has 0 saturated heterocycles. The third kappa shape index (κ3) is 3.94. The Balaban J connectivity index is 1.85. The van der Waals surface area contributed by atoms with E-state index < -0.39 is 29.5 Å². The second-order valence-electron chi connectivity index (χ2n) is 6.11. The van der Waals surface area contributed by atoms with Crippen LogP contribution < -0.4 is 16.0 Å². The summed E-state index contributed by atoms with van der Waals surface area (Å²) in [7, 11) is 1.38. The lowest BCUT2D eigenvalue weighted by atomic mass is 9.99. The van der Waals surface area contributed by atoms with Crippen LogP contribution in [-0.2, 0) is 16.0 Å². The molecule has 0 radical (unpaired) electrons. The first kappa shape index (κ1) is 18.5. The van der Waals surface area contributed by atoms with Gasteiger partial charge < -0.3 is 16.0 Å². The molecule has 0 aromatic heterocycles. The van der Waals surface area contributed by atoms with E-state index in [1.165, 1.54) is 19.2 Å². The van der Waals surface area contributed by atoms with Gasteiger partial charge in [0.2, 0.25) is 11.8 Å². The number of hydrogen-bond acceptors (Lipinski definition) is 3. The Morgan fingerprint density at radius 1 is 1.07 bits per heavy atom. The Bertz CT molecular complexity index is 930. The largest absolute Gasteiger partial charge is 0.357 e. The summed E-state index contributed by atoms with van der Waals surface area (Å²) in [4.78, 5) is 36.2. The Hall–Kier alpha value is -3.29. The maximum absolute atomic E-state index is 13.5. The van der Waals surface area contributed by atoms with Gasteiger partial charge in [-0.2, -0.15) is 0 Å². The van der Waals surface area contributed by atoms with Crippen LogP contribution in [0.2, 0.25) is 0 Å². The van der Waals surface area contributed by atoms with Crippen molar-refractivity contribution in [3.05, 3.63) is 64.7 Å². The third-order valence-electron chi connectivity index (χ3n) is 4.32. The van der Waals surface area contributed by atoms with E-state index in [9.17, 15) is 23.2 Å². The predicted molar refractivity (Wildman–Crippen MR) is 94.0 cm³/mol. The van der Waals surface area contributed by atoms with Crippen LogP contribution in [0.4, 0.5) is 14.5 Å². The number of likely N-dealkylation sites (N-methyl/N-ethyl adjacent to an activating group) is 1. The first-order valence-corrected chi connectivity index (χ1v) is 8.29. The highest BCUT2D eigenvalue weighted by Gasteiger charge is 2.24. The van der Waals surface area contributed by atoms with Crippen LogP contribution in [-0.4, -0.2) is 24.8 Å². The molecule has 0 aliphatic carbocycles. The van der Waals surface area contributed by atoms with Crippen LogP contribution in [0.15, 0.2) is 36.4 Å². The molecule has 2 aromatic carbocycles. The molecule has 0 saturated carbocycles. The van der Waals surface area contributed by atoms with Crippen molar-refractivity contribution in [2.45, 2.75) is 18.9 Å². The number of anilines is 1. The number of amides is 3. The summed E-state index contributed by atoms with van der Waals surface area (Å²) < 4.78 is 26.7. The molecule has 3 N–H and O–H groups in total. The number of rotatable bonds is 4. The van der Waals surface area contributed by atoms with E-state index in [1.807, 2.05) is 0 Å². The molecule has 1 unspecified atom stereocenters. The molecule has 0 fully saturated rings. The first-order chi connectivity index (χ1) is 12.9. The van der Waals surface area contributed by atoms with Crippen LogP contribution in [0.5, 0.6) is 0 Å². The summed E-state index contributed by atoms with van der Waals surface area (Å²) in [6.07, 6.45) is 0.831. The Morgan fingerprint density at radius 2 is 1.85 bits per heavy atom. The van der Waals surface area contributed by atoms with E-state index in [4.69, 9.17) is 0 Å². The minimum atomic E-state index is -1.19. The van der Waals surface area contributed by atoms with Crippen LogP contribution in [0.3, 0.4) is 0 Å². The lowest BCUT2D eigenvalue weighted by Gasteiger charge is -2.20. The molecule has 1 aliphatic heterocycles. The van der Waals surface area contributed by atoms with E-state index in [2.05, 4.69) is 16.0 Å². The van der Waals surface area contributed by atoms with Gasteiger partial charge in [-0.05, 0) is 47.9 Å². The molecular formula is C19H17F2N3O3. The summed E-state index contributed by atoms with van der Waals surface area (Å²) in [5.41, 5.74) is 1.87. The summed E-state index contributed by atoms with van der Waals surface area (Å²) in [5, 5.41) is 7.65. The zero-order valence-electron chi connectivity index (χ0n) is 14.4. The number of carbonyl (C=O) groups excluding carboxylic acids is 3. The average molecular weight is 373 g/mol. The average Bonchev–Trinajstić information content (AvgIpc) is 2.67. The van der Waals surface area contributed by atoms with Gasteiger partial charge in [-0.3, -0.25) is 14.4 Å². The minimum Gasteiger partial charge on any atom is -0.357 e. The van der Waals surface area contributed by atoms with Crippen LogP contribution in [0, 0.1) is 11.6 Å². The van der Waals surface area contributed by atoms with Crippen LogP contribution >= 0.6 is 0 Å². The number of fused-ring (bicyclic) bond motifs is 1. The molecule has 140 valence electrons. The van der Waals surface area contributed by atoms with Gasteiger partial charge in [0.25, 0.3) is 5.91 Å². The van der Waals surface area contributed by atoms with Gasteiger partial charge in [0.15, 0.2) is 11.6 Å². The monoisotopic (exact) mass is 373 g/mol. The second-order valence-corrected chi connectivity index (χ2v) is 6.11. The lowest BCUT2D eigenvalue weighted by Crippen LogP contribution is -2.39. The number of halogens is 2. The Kier molecular flexibility index (Phi) is 5.16. The maximum atomic E-state index is 13.5. The Morgan fingerprint density at radius 3 is 2.56 bits per heavy atom. The van der Waals surface area contributed by atoms with Crippen molar-refractivity contribution >= 4 is 23.4 Å². The molecule has 1 heterocycles. The normalized spacial score (nSPS) is 14.0. The predicted octanol–water partition coefficient (Wildman–Crippen LogP) is 2.07. The highest BCUT2D eigenvalue weighted by atomic mass is 19.2. The molecule has 8 heteroatoms. The van der Waals surface area contributed by atoms with E-state index >= 15 is 0 Å². The standard InChI is InChI=1S/C19H17F2N3O3/c1-22-19(27)17(11-2-5-13(20)14(21)9-11)24-18(26)12-3-6-15-10(8-12)4-7-16(25)23-15/h2-3,5-6,8-9,17H,4,7H2,1H3,(H,22,27)(H,23,25)(H,24,26). The van der Waals surface area contributed by atoms with Crippen LogP contribution in [0.25, 0.3) is 0 Å². The number of hydrogen-bond donors (Lipinski definition) is 3. The number of nitrogens with one attached hydrogen (secondary N) is 3. The molecule has 0 spiro atoms. The second kappa shape index (κ2) is 7.53. The van der Waals surface area contributed by atoms with Crippen molar-refractivity contribution in [3.8, 4) is 0 Å². The Labute approximate surface area is 154 Å². The molecule has 3 amide bonds. The fourth-order valence-electron chi connectivity index (χ4n) is 2.88. The van der Waals surface area contributed by atoms with E-state index in [-0.39, 0.29) is 11.5 Å². The fourth-order valence-corrected chi connectivity index (χ4v) is 2.88. The van der Waals surface area contributed by atoms with Crippen molar-refractivity contribution in [2.24, 2.45) is 0 Å². The highest BCUT2D eigenvalue weighted by Crippen LogP contribution is 2.24. The van der Waals surface area contributed by atoms with Crippen molar-refractivity contribution in [3.63, 3.8) is 0 Å². The molecule has 1 atom stereocenters. The zero-order chi connectivity index (χ0) is 19.6. The van der Waals surface area contributed by atoms with Crippen molar-refractivity contribution in [1.29, 1.82) is 0 Å². The zero-order valence-corrected chi connectivity index (χ0v) is 14.4. The fraction of sp³-hybridized carbons (Fsp3) is 0.211. The van der Waals surface area contributed by atoms with Crippen LogP contribution in [0.1, 0.15) is 33.9 Å². The van der Waals surface area contributed by atoms with Gasteiger partial charge in [-0.15, -0.1) is 0 Å². The molecule has 0 bridgehead atoms. The molecule has 2 aromatic rings. The van der Waals surface area contributed by atoms with E-state index in [0.717, 1.165) is 17.7 Å². The van der Waals surface area contributed by atoms with Gasteiger partial charge in [0, 0.05) is 24.7 Å². The van der Waals surface area contributed by atoms with Gasteiger partial charge in [-0.25, -0.2) is 8.78 Å². The van der Waals surface area contributed by atoms with Crippen molar-refractivity contribution in [2.75, 3.05) is 12.4 Å². The van der Waals surface area contributed by atoms with Crippen molar-refractivity contribution < 1.29 is 23.2 Å². The highest BCUT2D eigenvalue weighted by molar-refractivity contribution is 6.00. The SMILES string of the molecule is CNC(=O)C(NC(=O)c1ccc2c(c1)CCC(=O)N2)c1ccc(F)c(F)c1. The molecule has 27 heavy (non-hydrogen) atoms. The van der Waals surface area contributed by atoms with Gasteiger partial charge >= 0.3 is 0 Å². The first-order valence-electron chi connectivity index (χ1n) is 8.29. The molecule has 6 nitrogen and oxygen atoms in total. The summed E-state index contributed by atoms with van der Waals surface area (Å²) in [6, 6.07) is 6.59. The number of benzene rings is 2. The molecule has 3 rings (SSSR count). The lowest BCUT2D eigenvalue weighted by molar-refractivity contribution is -0.122. The quantitative estimate of drug-likeness (QED) is 0.767. The summed E-state index contributed by atoms with van der Waals surface area (Å²) in [6.45, 7) is 0. The van der Waals surface area contributed by atoms with Crippen molar-refractivity contribution in [1.82, 2.24) is 10.6 Å². The van der Waals surface area contributed by atoms with Gasteiger partial charge in [0.05, 0.1) is 0 Å². The third-order valence-corrected chi connectivity index (χ3v) is 4.32. The van der Waals surface area contributed by atoms with Gasteiger partial charge in [-0.1, -0.05) is 6.07 Å². The number of carbonyl (C=O) groups is 3. The number of aryl methyl sites for hydroxylation is 1. The maximum Gasteiger partial charge on any atom is 0.252 e. The summed E-state index contributed by atoms with van der Waals surface area (Å²) in [5.74, 6) is -3.36. The van der Waals surface area contributed by atoms with Gasteiger partial charge in [0.1, 0.15) is 6.04 Å². The smallest absolute Gasteiger partial charge is 0.252 e. The van der Waals surface area contributed by atoms with E-state index in [0.29, 0.717) is 24.1 Å². The topological polar surface area (TPSA) is 87.3 Å². The summed E-state index contributed by atoms with van der Waals surface area (Å²) >= 11 is 0. The van der Waals surface area contributed by atoms with E-state index in [1.54, 1.807) is 12.1 Å². The molecule has 1 aliphatic rings. The molecular weight excluding hydrogens is 356 g/mol.